The summed E-state index contributed by atoms with van der Waals surface area (Å²) in [7, 11) is 5.35. The van der Waals surface area contributed by atoms with E-state index in [1.165, 1.54) is 0 Å². The summed E-state index contributed by atoms with van der Waals surface area (Å²) >= 11 is 0. The SMILES string of the molecule is [C-]#[N+]CCN([CH])CC. The Bertz CT molecular complexity index is 83.0. The van der Waals surface area contributed by atoms with Crippen LogP contribution in [0.3, 0.4) is 0 Å². The van der Waals surface area contributed by atoms with E-state index in [0.717, 1.165) is 6.54 Å². The van der Waals surface area contributed by atoms with E-state index in [2.05, 4.69) is 4.85 Å². The van der Waals surface area contributed by atoms with Crippen molar-refractivity contribution in [2.45, 2.75) is 6.92 Å². The molecule has 0 aliphatic heterocycles. The Labute approximate surface area is 50.9 Å². The summed E-state index contributed by atoms with van der Waals surface area (Å²) in [4.78, 5) is 4.78. The Morgan fingerprint density at radius 1 is 1.75 bits per heavy atom. The monoisotopic (exact) mass is 110 g/mol. The van der Waals surface area contributed by atoms with E-state index in [1.54, 1.807) is 4.90 Å². The third-order valence-electron chi connectivity index (χ3n) is 0.905. The van der Waals surface area contributed by atoms with E-state index in [0.29, 0.717) is 13.1 Å². The van der Waals surface area contributed by atoms with Crippen LogP contribution in [-0.4, -0.2) is 24.5 Å². The Kier molecular flexibility index (Phi) is 4.29. The van der Waals surface area contributed by atoms with Crippen LogP contribution >= 0.6 is 0 Å². The van der Waals surface area contributed by atoms with Gasteiger partial charge in [-0.25, -0.2) is 6.57 Å². The van der Waals surface area contributed by atoms with Crippen molar-refractivity contribution in [3.63, 3.8) is 0 Å². The van der Waals surface area contributed by atoms with Crippen LogP contribution in [0, 0.1) is 13.6 Å². The zero-order valence-corrected chi connectivity index (χ0v) is 5.09. The molecule has 0 aromatic carbocycles. The van der Waals surface area contributed by atoms with Gasteiger partial charge in [-0.15, -0.1) is 0 Å². The molecular formula is C6H10N2. The molecule has 2 heteroatoms. The predicted molar refractivity (Wildman–Crippen MR) is 33.0 cm³/mol. The van der Waals surface area contributed by atoms with Crippen molar-refractivity contribution in [2.75, 3.05) is 19.6 Å². The maximum atomic E-state index is 6.41. The summed E-state index contributed by atoms with van der Waals surface area (Å²) in [5.41, 5.74) is 0. The minimum absolute atomic E-state index is 0.504. The lowest BCUT2D eigenvalue weighted by molar-refractivity contribution is 0.409. The molecule has 0 saturated heterocycles. The van der Waals surface area contributed by atoms with Gasteiger partial charge in [0.2, 0.25) is 6.54 Å². The molecule has 0 fully saturated rings. The topological polar surface area (TPSA) is 7.60 Å². The van der Waals surface area contributed by atoms with E-state index in [-0.39, 0.29) is 0 Å². The van der Waals surface area contributed by atoms with Crippen molar-refractivity contribution in [3.8, 4) is 0 Å². The summed E-state index contributed by atoms with van der Waals surface area (Å²) in [6.45, 7) is 10.4. The van der Waals surface area contributed by atoms with Crippen LogP contribution in [0.15, 0.2) is 0 Å². The van der Waals surface area contributed by atoms with Crippen LogP contribution in [0.4, 0.5) is 0 Å². The second kappa shape index (κ2) is 4.61. The van der Waals surface area contributed by atoms with Crippen molar-refractivity contribution in [2.24, 2.45) is 0 Å². The largest absolute Gasteiger partial charge is 0.316 e. The molecular weight excluding hydrogens is 100 g/mol. The number of hydrogen-bond acceptors (Lipinski definition) is 1. The maximum Gasteiger partial charge on any atom is 0.227 e. The average Bonchev–Trinajstić information content (AvgIpc) is 1.83. The number of nitrogens with zero attached hydrogens (tertiary/aromatic N) is 2. The fourth-order valence-electron chi connectivity index (χ4n) is 0.337. The van der Waals surface area contributed by atoms with Gasteiger partial charge in [-0.1, -0.05) is 6.92 Å². The van der Waals surface area contributed by atoms with Crippen molar-refractivity contribution in [3.05, 3.63) is 18.5 Å². The third kappa shape index (κ3) is 3.63. The van der Waals surface area contributed by atoms with Crippen LogP contribution < -0.4 is 0 Å². The smallest absolute Gasteiger partial charge is 0.227 e. The summed E-state index contributed by atoms with van der Waals surface area (Å²) in [5, 5.41) is 0. The molecule has 0 unspecified atom stereocenters. The lowest BCUT2D eigenvalue weighted by atomic mass is 10.5. The molecule has 0 bridgehead atoms. The highest BCUT2D eigenvalue weighted by atomic mass is 15.1. The van der Waals surface area contributed by atoms with Crippen LogP contribution in [0.2, 0.25) is 0 Å². The van der Waals surface area contributed by atoms with Gasteiger partial charge >= 0.3 is 0 Å². The van der Waals surface area contributed by atoms with Gasteiger partial charge in [-0.2, -0.15) is 0 Å². The maximum absolute atomic E-state index is 6.41. The normalized spacial score (nSPS) is 9.25. The van der Waals surface area contributed by atoms with Gasteiger partial charge in [-0.05, 0) is 6.54 Å². The molecule has 0 rings (SSSR count). The van der Waals surface area contributed by atoms with Gasteiger partial charge in [0.1, 0.15) is 0 Å². The van der Waals surface area contributed by atoms with Gasteiger partial charge in [0.15, 0.2) is 0 Å². The highest BCUT2D eigenvalue weighted by Crippen LogP contribution is 1.81. The van der Waals surface area contributed by atoms with Crippen LogP contribution in [0.25, 0.3) is 4.85 Å². The van der Waals surface area contributed by atoms with Crippen molar-refractivity contribution in [1.82, 2.24) is 4.90 Å². The van der Waals surface area contributed by atoms with E-state index in [1.807, 2.05) is 6.92 Å². The number of likely N-dealkylation sites (N-methyl/N-ethyl adjacent to an activating group) is 1. The molecule has 2 radical (unpaired) electrons. The molecule has 0 saturated carbocycles. The average molecular weight is 110 g/mol. The summed E-state index contributed by atoms with van der Waals surface area (Å²) in [5.74, 6) is 0. The van der Waals surface area contributed by atoms with Crippen LogP contribution in [0.5, 0.6) is 0 Å². The number of hydrogen-bond donors (Lipinski definition) is 0. The predicted octanol–water partition coefficient (Wildman–Crippen LogP) is 0.896. The first-order valence-corrected chi connectivity index (χ1v) is 2.64. The molecule has 0 amide bonds. The number of rotatable bonds is 3. The first-order chi connectivity index (χ1) is 3.81. The highest BCUT2D eigenvalue weighted by molar-refractivity contribution is 4.63. The lowest BCUT2D eigenvalue weighted by Gasteiger charge is -2.06. The molecule has 0 spiro atoms. The quantitative estimate of drug-likeness (QED) is 0.387. The molecule has 0 atom stereocenters. The van der Waals surface area contributed by atoms with E-state index < -0.39 is 0 Å². The summed E-state index contributed by atoms with van der Waals surface area (Å²) in [6.07, 6.45) is 0. The van der Waals surface area contributed by atoms with E-state index in [4.69, 9.17) is 13.6 Å². The molecule has 0 aliphatic carbocycles. The molecule has 0 N–H and O–H groups in total. The van der Waals surface area contributed by atoms with Gasteiger partial charge in [0, 0.05) is 7.05 Å². The van der Waals surface area contributed by atoms with E-state index >= 15 is 0 Å². The Morgan fingerprint density at radius 3 is 2.75 bits per heavy atom. The fraction of sp³-hybridized carbons (Fsp3) is 0.667. The lowest BCUT2D eigenvalue weighted by Crippen LogP contribution is -2.17. The molecule has 8 heavy (non-hydrogen) atoms. The van der Waals surface area contributed by atoms with Gasteiger partial charge in [0.25, 0.3) is 0 Å². The minimum Gasteiger partial charge on any atom is -0.316 e. The summed E-state index contributed by atoms with van der Waals surface area (Å²) < 4.78 is 0. The zero-order chi connectivity index (χ0) is 6.41. The second-order valence-corrected chi connectivity index (χ2v) is 1.51. The van der Waals surface area contributed by atoms with Crippen molar-refractivity contribution in [1.29, 1.82) is 0 Å². The minimum atomic E-state index is 0.504. The molecule has 0 aliphatic rings. The highest BCUT2D eigenvalue weighted by Gasteiger charge is 1.92. The first-order valence-electron chi connectivity index (χ1n) is 2.64. The zero-order valence-electron chi connectivity index (χ0n) is 5.09. The first kappa shape index (κ1) is 7.45. The third-order valence-corrected chi connectivity index (χ3v) is 0.905. The molecule has 0 aromatic rings. The molecule has 0 heterocycles. The van der Waals surface area contributed by atoms with Gasteiger partial charge in [-0.3, -0.25) is 4.90 Å². The molecule has 44 valence electrons. The van der Waals surface area contributed by atoms with Crippen molar-refractivity contribution >= 4 is 0 Å². The Hall–Kier alpha value is -0.550. The van der Waals surface area contributed by atoms with E-state index in [9.17, 15) is 0 Å². The second-order valence-electron chi connectivity index (χ2n) is 1.51. The van der Waals surface area contributed by atoms with Gasteiger partial charge in [0.05, 0.1) is 6.54 Å². The standard InChI is InChI=1S/C6H10N2/c1-4-8(3)6-5-7-2/h3H,4-6H2,1H3. The molecule has 0 aromatic heterocycles. The Balaban J connectivity index is 3.01. The molecule has 2 nitrogen and oxygen atoms in total. The summed E-state index contributed by atoms with van der Waals surface area (Å²) in [6, 6.07) is 0. The van der Waals surface area contributed by atoms with Crippen LogP contribution in [0.1, 0.15) is 6.92 Å². The van der Waals surface area contributed by atoms with Crippen LogP contribution in [-0.2, 0) is 0 Å². The van der Waals surface area contributed by atoms with Gasteiger partial charge < -0.3 is 4.85 Å². The Morgan fingerprint density at radius 2 is 2.38 bits per heavy atom. The van der Waals surface area contributed by atoms with Crippen molar-refractivity contribution < 1.29 is 0 Å². The fourth-order valence-corrected chi connectivity index (χ4v) is 0.337.